The third-order valence-electron chi connectivity index (χ3n) is 8.76. The summed E-state index contributed by atoms with van der Waals surface area (Å²) < 4.78 is 0. The van der Waals surface area contributed by atoms with Crippen LogP contribution in [0.15, 0.2) is 90.3 Å². The minimum atomic E-state index is -1.49. The van der Waals surface area contributed by atoms with Crippen molar-refractivity contribution in [3.8, 4) is 0 Å². The summed E-state index contributed by atoms with van der Waals surface area (Å²) in [6.45, 7) is 4.26. The molecule has 3 aromatic carbocycles. The Morgan fingerprint density at radius 2 is 1.62 bits per heavy atom. The Kier molecular flexibility index (Phi) is 5.74. The fourth-order valence-electron chi connectivity index (χ4n) is 6.97. The molecule has 0 bridgehead atoms. The number of benzene rings is 3. The Bertz CT molecular complexity index is 1690. The Morgan fingerprint density at radius 1 is 0.925 bits per heavy atom. The lowest BCUT2D eigenvalue weighted by Gasteiger charge is -2.37. The van der Waals surface area contributed by atoms with Gasteiger partial charge in [-0.1, -0.05) is 92.2 Å². The second-order valence-corrected chi connectivity index (χ2v) is 12.5. The summed E-state index contributed by atoms with van der Waals surface area (Å²) >= 11 is 7.75. The Balaban J connectivity index is 1.54. The van der Waals surface area contributed by atoms with Crippen LogP contribution in [0, 0.1) is 5.41 Å². The van der Waals surface area contributed by atoms with Gasteiger partial charge in [0.05, 0.1) is 10.9 Å². The third kappa shape index (κ3) is 3.34. The standard InChI is InChI=1S/C34H26ClNO3S/c1-19(2)20-9-11-21(12-10-20)29-30(31(37)27-8-5-17-40-27)36-26-15-14-23(35)18-22(26)13-16-28(36)34(29)32(38)24-6-3-4-7-25(24)33(34)39/h3-19,28-30H,1-2H3/t28-,29-,30+/m1/s1. The summed E-state index contributed by atoms with van der Waals surface area (Å²) in [6, 6.07) is 23.0. The number of anilines is 1. The number of carbonyl (C=O) groups is 3. The van der Waals surface area contributed by atoms with E-state index in [2.05, 4.69) is 26.0 Å². The zero-order valence-corrected chi connectivity index (χ0v) is 23.6. The molecule has 198 valence electrons. The van der Waals surface area contributed by atoms with Crippen LogP contribution in [0.2, 0.25) is 5.02 Å². The van der Waals surface area contributed by atoms with Gasteiger partial charge in [-0.05, 0) is 52.3 Å². The van der Waals surface area contributed by atoms with Crippen LogP contribution in [0.1, 0.15) is 72.8 Å². The van der Waals surface area contributed by atoms with Gasteiger partial charge < -0.3 is 4.90 Å². The summed E-state index contributed by atoms with van der Waals surface area (Å²) in [5.41, 5.74) is 2.98. The van der Waals surface area contributed by atoms with E-state index in [1.165, 1.54) is 11.3 Å². The number of halogens is 1. The van der Waals surface area contributed by atoms with Gasteiger partial charge in [-0.3, -0.25) is 14.4 Å². The van der Waals surface area contributed by atoms with Crippen molar-refractivity contribution in [1.82, 2.24) is 0 Å². The number of Topliss-reactive ketones (excluding diaryl/α,β-unsaturated/α-hetero) is 3. The zero-order valence-electron chi connectivity index (χ0n) is 22.0. The van der Waals surface area contributed by atoms with E-state index in [1.807, 2.05) is 58.8 Å². The topological polar surface area (TPSA) is 54.5 Å². The van der Waals surface area contributed by atoms with E-state index in [4.69, 9.17) is 11.6 Å². The molecule has 0 radical (unpaired) electrons. The molecule has 0 amide bonds. The normalized spacial score (nSPS) is 22.1. The monoisotopic (exact) mass is 563 g/mol. The largest absolute Gasteiger partial charge is 0.352 e. The minimum absolute atomic E-state index is 0.0948. The van der Waals surface area contributed by atoms with Crippen LogP contribution in [-0.4, -0.2) is 29.4 Å². The van der Waals surface area contributed by atoms with Crippen molar-refractivity contribution in [3.05, 3.63) is 128 Å². The molecule has 4 nitrogen and oxygen atoms in total. The lowest BCUT2D eigenvalue weighted by molar-refractivity contribution is 0.0666. The van der Waals surface area contributed by atoms with Gasteiger partial charge in [0.1, 0.15) is 11.5 Å². The molecule has 3 heterocycles. The molecule has 0 saturated carbocycles. The van der Waals surface area contributed by atoms with Crippen LogP contribution in [0.3, 0.4) is 0 Å². The predicted octanol–water partition coefficient (Wildman–Crippen LogP) is 7.84. The highest BCUT2D eigenvalue weighted by Crippen LogP contribution is 2.61. The van der Waals surface area contributed by atoms with Gasteiger partial charge in [-0.2, -0.15) is 0 Å². The Hall–Kier alpha value is -3.80. The van der Waals surface area contributed by atoms with Crippen molar-refractivity contribution in [1.29, 1.82) is 0 Å². The molecule has 1 saturated heterocycles. The van der Waals surface area contributed by atoms with Crippen LogP contribution >= 0.6 is 22.9 Å². The first-order valence-corrected chi connectivity index (χ1v) is 14.7. The molecule has 4 aromatic rings. The van der Waals surface area contributed by atoms with Crippen molar-refractivity contribution in [2.24, 2.45) is 5.41 Å². The van der Waals surface area contributed by atoms with Crippen molar-refractivity contribution < 1.29 is 14.4 Å². The van der Waals surface area contributed by atoms with Crippen LogP contribution < -0.4 is 4.90 Å². The fourth-order valence-corrected chi connectivity index (χ4v) is 7.85. The number of ketones is 3. The van der Waals surface area contributed by atoms with E-state index in [1.54, 1.807) is 30.3 Å². The summed E-state index contributed by atoms with van der Waals surface area (Å²) in [5, 5.41) is 2.46. The van der Waals surface area contributed by atoms with Crippen LogP contribution in [0.5, 0.6) is 0 Å². The molecule has 3 aliphatic rings. The Morgan fingerprint density at radius 3 is 2.25 bits per heavy atom. The van der Waals surface area contributed by atoms with E-state index in [0.29, 0.717) is 26.9 Å². The van der Waals surface area contributed by atoms with E-state index >= 15 is 0 Å². The second kappa shape index (κ2) is 9.12. The maximum atomic E-state index is 14.7. The summed E-state index contributed by atoms with van der Waals surface area (Å²) in [7, 11) is 0. The number of thiophene rings is 1. The maximum absolute atomic E-state index is 14.7. The van der Waals surface area contributed by atoms with Gasteiger partial charge in [0, 0.05) is 27.8 Å². The number of rotatable bonds is 4. The Labute approximate surface area is 241 Å². The summed E-state index contributed by atoms with van der Waals surface area (Å²) in [6.07, 6.45) is 3.86. The number of nitrogens with zero attached hydrogens (tertiary/aromatic N) is 1. The number of fused-ring (bicyclic) bond motifs is 5. The smallest absolute Gasteiger partial charge is 0.195 e. The van der Waals surface area contributed by atoms with Gasteiger partial charge in [-0.15, -0.1) is 11.3 Å². The highest BCUT2D eigenvalue weighted by Gasteiger charge is 2.71. The molecule has 3 atom stereocenters. The van der Waals surface area contributed by atoms with Crippen LogP contribution in [0.25, 0.3) is 6.08 Å². The molecule has 6 heteroatoms. The summed E-state index contributed by atoms with van der Waals surface area (Å²) in [5.74, 6) is -0.913. The second-order valence-electron chi connectivity index (χ2n) is 11.1. The third-order valence-corrected chi connectivity index (χ3v) is 9.88. The van der Waals surface area contributed by atoms with Crippen molar-refractivity contribution in [3.63, 3.8) is 0 Å². The van der Waals surface area contributed by atoms with Gasteiger partial charge in [0.2, 0.25) is 0 Å². The van der Waals surface area contributed by atoms with E-state index in [9.17, 15) is 14.4 Å². The van der Waals surface area contributed by atoms with Gasteiger partial charge in [0.25, 0.3) is 0 Å². The van der Waals surface area contributed by atoms with Crippen molar-refractivity contribution in [2.75, 3.05) is 4.90 Å². The first-order valence-electron chi connectivity index (χ1n) is 13.5. The molecule has 2 aliphatic heterocycles. The molecule has 0 N–H and O–H groups in total. The molecular formula is C34H26ClNO3S. The van der Waals surface area contributed by atoms with E-state index in [-0.39, 0.29) is 17.3 Å². The van der Waals surface area contributed by atoms with E-state index in [0.717, 1.165) is 22.4 Å². The quantitative estimate of drug-likeness (QED) is 0.187. The lowest BCUT2D eigenvalue weighted by Crippen LogP contribution is -2.48. The fraction of sp³-hybridized carbons (Fsp3) is 0.206. The van der Waals surface area contributed by atoms with Gasteiger partial charge in [-0.25, -0.2) is 0 Å². The zero-order chi connectivity index (χ0) is 27.8. The predicted molar refractivity (Wildman–Crippen MR) is 160 cm³/mol. The molecule has 1 spiro atoms. The number of hydrogen-bond acceptors (Lipinski definition) is 5. The van der Waals surface area contributed by atoms with Gasteiger partial charge >= 0.3 is 0 Å². The molecular weight excluding hydrogens is 538 g/mol. The SMILES string of the molecule is CC(C)c1ccc([C@@H]2[C@@H](C(=O)c3cccs3)N3c4ccc(Cl)cc4C=C[C@@H]3C23C(=O)c2ccccc2C3=O)cc1. The lowest BCUT2D eigenvalue weighted by atomic mass is 9.64. The average molecular weight is 564 g/mol. The first kappa shape index (κ1) is 25.2. The molecule has 0 unspecified atom stereocenters. The number of hydrogen-bond donors (Lipinski definition) is 0. The summed E-state index contributed by atoms with van der Waals surface area (Å²) in [4.78, 5) is 46.5. The molecule has 1 aliphatic carbocycles. The molecule has 40 heavy (non-hydrogen) atoms. The molecule has 1 aromatic heterocycles. The number of carbonyl (C=O) groups excluding carboxylic acids is 3. The molecule has 1 fully saturated rings. The van der Waals surface area contributed by atoms with Crippen LogP contribution in [0.4, 0.5) is 5.69 Å². The minimum Gasteiger partial charge on any atom is -0.352 e. The van der Waals surface area contributed by atoms with Crippen molar-refractivity contribution >= 4 is 52.1 Å². The first-order chi connectivity index (χ1) is 19.3. The highest BCUT2D eigenvalue weighted by molar-refractivity contribution is 7.12. The van der Waals surface area contributed by atoms with Crippen molar-refractivity contribution in [2.45, 2.75) is 37.8 Å². The maximum Gasteiger partial charge on any atom is 0.195 e. The van der Waals surface area contributed by atoms with Gasteiger partial charge in [0.15, 0.2) is 17.3 Å². The average Bonchev–Trinajstić information content (AvgIpc) is 3.66. The van der Waals surface area contributed by atoms with Crippen LogP contribution in [-0.2, 0) is 0 Å². The molecule has 7 rings (SSSR count). The highest BCUT2D eigenvalue weighted by atomic mass is 35.5. The van der Waals surface area contributed by atoms with E-state index < -0.39 is 23.4 Å².